The molecule has 0 saturated carbocycles. The largest absolute Gasteiger partial charge is 0.497 e. The monoisotopic (exact) mass is 314 g/mol. The highest BCUT2D eigenvalue weighted by molar-refractivity contribution is 5.49. The minimum Gasteiger partial charge on any atom is -0.497 e. The van der Waals surface area contributed by atoms with Gasteiger partial charge in [-0.25, -0.2) is 9.97 Å². The van der Waals surface area contributed by atoms with E-state index in [0.29, 0.717) is 0 Å². The van der Waals surface area contributed by atoms with E-state index in [-0.39, 0.29) is 11.5 Å². The molecule has 124 valence electrons. The van der Waals surface area contributed by atoms with Crippen molar-refractivity contribution in [1.29, 1.82) is 0 Å². The van der Waals surface area contributed by atoms with Gasteiger partial charge in [0.05, 0.1) is 7.11 Å². The maximum Gasteiger partial charge on any atom is 0.129 e. The molecule has 2 N–H and O–H groups in total. The summed E-state index contributed by atoms with van der Waals surface area (Å²) in [6.45, 7) is 9.31. The number of methoxy groups -OCH3 is 1. The maximum absolute atomic E-state index is 5.29. The number of aryl methyl sites for hydroxylation is 1. The van der Waals surface area contributed by atoms with Crippen LogP contribution in [0.15, 0.2) is 36.5 Å². The van der Waals surface area contributed by atoms with Gasteiger partial charge in [-0.3, -0.25) is 0 Å². The van der Waals surface area contributed by atoms with Crippen molar-refractivity contribution in [2.24, 2.45) is 5.41 Å². The Kier molecular flexibility index (Phi) is 5.42. The average molecular weight is 314 g/mol. The lowest BCUT2D eigenvalue weighted by atomic mass is 9.86. The van der Waals surface area contributed by atoms with Crippen LogP contribution in [-0.4, -0.2) is 29.7 Å². The fourth-order valence-electron chi connectivity index (χ4n) is 2.25. The van der Waals surface area contributed by atoms with Crippen molar-refractivity contribution < 1.29 is 4.74 Å². The lowest BCUT2D eigenvalue weighted by Gasteiger charge is -2.32. The van der Waals surface area contributed by atoms with E-state index in [4.69, 9.17) is 4.74 Å². The first-order chi connectivity index (χ1) is 10.9. The summed E-state index contributed by atoms with van der Waals surface area (Å²) in [6, 6.07) is 10.1. The van der Waals surface area contributed by atoms with Crippen LogP contribution in [0.25, 0.3) is 0 Å². The summed E-state index contributed by atoms with van der Waals surface area (Å²) in [5.41, 5.74) is 1.13. The van der Waals surface area contributed by atoms with Gasteiger partial charge >= 0.3 is 0 Å². The van der Waals surface area contributed by atoms with E-state index >= 15 is 0 Å². The molecule has 0 aliphatic carbocycles. The number of rotatable bonds is 6. The normalized spacial score (nSPS) is 12.6. The van der Waals surface area contributed by atoms with Crippen LogP contribution >= 0.6 is 0 Å². The van der Waals surface area contributed by atoms with Gasteiger partial charge in [0, 0.05) is 30.5 Å². The summed E-state index contributed by atoms with van der Waals surface area (Å²) in [6.07, 6.45) is 1.77. The molecule has 1 aromatic carbocycles. The van der Waals surface area contributed by atoms with Crippen molar-refractivity contribution in [2.75, 3.05) is 24.3 Å². The average Bonchev–Trinajstić information content (AvgIpc) is 2.50. The van der Waals surface area contributed by atoms with Gasteiger partial charge in [0.2, 0.25) is 0 Å². The molecule has 0 bridgehead atoms. The highest BCUT2D eigenvalue weighted by atomic mass is 16.5. The summed E-state index contributed by atoms with van der Waals surface area (Å²) in [4.78, 5) is 8.51. The van der Waals surface area contributed by atoms with Crippen LogP contribution in [0.4, 0.5) is 11.5 Å². The second kappa shape index (κ2) is 7.31. The molecule has 0 aliphatic heterocycles. The first kappa shape index (κ1) is 17.1. The molecule has 23 heavy (non-hydrogen) atoms. The second-order valence-electron chi connectivity index (χ2n) is 6.66. The third-order valence-electron chi connectivity index (χ3n) is 3.72. The van der Waals surface area contributed by atoms with E-state index in [1.165, 1.54) is 0 Å². The zero-order chi connectivity index (χ0) is 16.9. The van der Waals surface area contributed by atoms with Gasteiger partial charge in [-0.2, -0.15) is 0 Å². The highest BCUT2D eigenvalue weighted by Gasteiger charge is 2.24. The van der Waals surface area contributed by atoms with Gasteiger partial charge in [-0.05, 0) is 30.5 Å². The summed E-state index contributed by atoms with van der Waals surface area (Å²) in [7, 11) is 1.68. The van der Waals surface area contributed by atoms with Crippen molar-refractivity contribution in [3.05, 3.63) is 42.4 Å². The Balaban J connectivity index is 2.08. The lowest BCUT2D eigenvalue weighted by molar-refractivity contribution is 0.350. The van der Waals surface area contributed by atoms with Crippen LogP contribution in [0, 0.1) is 12.3 Å². The van der Waals surface area contributed by atoms with Crippen molar-refractivity contribution in [2.45, 2.75) is 33.7 Å². The van der Waals surface area contributed by atoms with Gasteiger partial charge in [-0.15, -0.1) is 0 Å². The van der Waals surface area contributed by atoms with Crippen LogP contribution in [0.1, 0.15) is 26.6 Å². The fraction of sp³-hybridized carbons (Fsp3) is 0.444. The number of nitrogens with zero attached hydrogens (tertiary/aromatic N) is 2. The van der Waals surface area contributed by atoms with E-state index in [1.807, 2.05) is 31.2 Å². The fourth-order valence-corrected chi connectivity index (χ4v) is 2.25. The minimum absolute atomic E-state index is 0.0815. The summed E-state index contributed by atoms with van der Waals surface area (Å²) in [5.74, 6) is 2.46. The smallest absolute Gasteiger partial charge is 0.129 e. The molecule has 0 saturated heterocycles. The Morgan fingerprint density at radius 1 is 1.22 bits per heavy atom. The maximum atomic E-state index is 5.29. The van der Waals surface area contributed by atoms with Crippen molar-refractivity contribution >= 4 is 11.5 Å². The SMILES string of the molecule is COc1cccc(NC(CNc2ccnc(C)n2)C(C)(C)C)c1. The molecule has 1 heterocycles. The van der Waals surface area contributed by atoms with Crippen molar-refractivity contribution in [3.63, 3.8) is 0 Å². The summed E-state index contributed by atoms with van der Waals surface area (Å²) >= 11 is 0. The predicted octanol–water partition coefficient (Wildman–Crippen LogP) is 3.73. The zero-order valence-electron chi connectivity index (χ0n) is 14.6. The number of hydrogen-bond acceptors (Lipinski definition) is 5. The number of benzene rings is 1. The van der Waals surface area contributed by atoms with E-state index in [1.54, 1.807) is 13.3 Å². The van der Waals surface area contributed by atoms with Crippen LogP contribution < -0.4 is 15.4 Å². The quantitative estimate of drug-likeness (QED) is 0.851. The van der Waals surface area contributed by atoms with E-state index in [9.17, 15) is 0 Å². The molecule has 0 radical (unpaired) electrons. The molecule has 2 aromatic rings. The number of nitrogens with one attached hydrogen (secondary N) is 2. The highest BCUT2D eigenvalue weighted by Crippen LogP contribution is 2.25. The van der Waals surface area contributed by atoms with Gasteiger partial charge in [0.15, 0.2) is 0 Å². The molecule has 1 aromatic heterocycles. The number of anilines is 2. The minimum atomic E-state index is 0.0815. The van der Waals surface area contributed by atoms with E-state index < -0.39 is 0 Å². The molecule has 5 heteroatoms. The van der Waals surface area contributed by atoms with Gasteiger partial charge in [-0.1, -0.05) is 26.8 Å². The Morgan fingerprint density at radius 3 is 2.65 bits per heavy atom. The number of aromatic nitrogens is 2. The van der Waals surface area contributed by atoms with E-state index in [0.717, 1.165) is 29.6 Å². The number of hydrogen-bond donors (Lipinski definition) is 2. The second-order valence-corrected chi connectivity index (χ2v) is 6.66. The number of ether oxygens (including phenoxy) is 1. The lowest BCUT2D eigenvalue weighted by Crippen LogP contribution is -2.40. The Morgan fingerprint density at radius 2 is 2.00 bits per heavy atom. The molecular formula is C18H26N4O. The molecule has 1 unspecified atom stereocenters. The molecule has 2 rings (SSSR count). The Bertz CT molecular complexity index is 637. The first-order valence-corrected chi connectivity index (χ1v) is 7.82. The summed E-state index contributed by atoms with van der Waals surface area (Å²) < 4.78 is 5.29. The Labute approximate surface area is 138 Å². The van der Waals surface area contributed by atoms with Crippen LogP contribution in [0.5, 0.6) is 5.75 Å². The van der Waals surface area contributed by atoms with Crippen molar-refractivity contribution in [3.8, 4) is 5.75 Å². The van der Waals surface area contributed by atoms with Crippen LogP contribution in [-0.2, 0) is 0 Å². The van der Waals surface area contributed by atoms with Gasteiger partial charge < -0.3 is 15.4 Å². The molecule has 1 atom stereocenters. The topological polar surface area (TPSA) is 59.1 Å². The summed E-state index contributed by atoms with van der Waals surface area (Å²) in [5, 5.41) is 6.99. The predicted molar refractivity (Wildman–Crippen MR) is 95.1 cm³/mol. The van der Waals surface area contributed by atoms with Crippen molar-refractivity contribution in [1.82, 2.24) is 9.97 Å². The first-order valence-electron chi connectivity index (χ1n) is 7.82. The Hall–Kier alpha value is -2.30. The van der Waals surface area contributed by atoms with Gasteiger partial charge in [0.25, 0.3) is 0 Å². The molecule has 0 spiro atoms. The molecule has 5 nitrogen and oxygen atoms in total. The van der Waals surface area contributed by atoms with Crippen LogP contribution in [0.3, 0.4) is 0 Å². The molecular weight excluding hydrogens is 288 g/mol. The van der Waals surface area contributed by atoms with E-state index in [2.05, 4.69) is 47.4 Å². The van der Waals surface area contributed by atoms with Gasteiger partial charge in [0.1, 0.15) is 17.4 Å². The van der Waals surface area contributed by atoms with Crippen LogP contribution in [0.2, 0.25) is 0 Å². The molecule has 0 fully saturated rings. The zero-order valence-corrected chi connectivity index (χ0v) is 14.6. The standard InChI is InChI=1S/C18H26N4O/c1-13-19-10-9-17(21-13)20-12-16(18(2,3)4)22-14-7-6-8-15(11-14)23-5/h6-11,16,22H,12H2,1-5H3,(H,19,20,21). The third kappa shape index (κ3) is 5.13. The molecule has 0 aliphatic rings. The molecule has 0 amide bonds. The third-order valence-corrected chi connectivity index (χ3v) is 3.72.